The molecular formula is C21H18N2O5S2. The Balaban J connectivity index is 1.73. The summed E-state index contributed by atoms with van der Waals surface area (Å²) in [6, 6.07) is 11.5. The van der Waals surface area contributed by atoms with Gasteiger partial charge >= 0.3 is 0 Å². The number of carbonyl (C=O) groups excluding carboxylic acids is 1. The second kappa shape index (κ2) is 9.55. The molecule has 0 atom stereocenters. The van der Waals surface area contributed by atoms with Gasteiger partial charge in [-0.25, -0.2) is 0 Å². The lowest BCUT2D eigenvalue weighted by Crippen LogP contribution is -2.27. The third kappa shape index (κ3) is 4.87. The summed E-state index contributed by atoms with van der Waals surface area (Å²) in [5, 5.41) is 10.7. The molecule has 7 nitrogen and oxygen atoms in total. The van der Waals surface area contributed by atoms with Crippen molar-refractivity contribution in [1.82, 2.24) is 4.90 Å². The summed E-state index contributed by atoms with van der Waals surface area (Å²) in [6.07, 6.45) is 3.39. The molecule has 2 aromatic rings. The molecule has 154 valence electrons. The smallest absolute Gasteiger partial charge is 0.269 e. The molecule has 1 fully saturated rings. The van der Waals surface area contributed by atoms with Crippen molar-refractivity contribution in [2.75, 3.05) is 13.7 Å². The Morgan fingerprint density at radius 2 is 1.97 bits per heavy atom. The Morgan fingerprint density at radius 1 is 1.23 bits per heavy atom. The maximum absolute atomic E-state index is 12.5. The van der Waals surface area contributed by atoms with Crippen molar-refractivity contribution in [2.24, 2.45) is 0 Å². The van der Waals surface area contributed by atoms with Crippen molar-refractivity contribution in [2.45, 2.75) is 6.61 Å². The third-order valence-electron chi connectivity index (χ3n) is 4.21. The number of nitrogens with zero attached hydrogens (tertiary/aromatic N) is 2. The summed E-state index contributed by atoms with van der Waals surface area (Å²) in [4.78, 5) is 24.8. The molecule has 0 unspecified atom stereocenters. The number of nitro benzene ring substituents is 1. The van der Waals surface area contributed by atoms with E-state index >= 15 is 0 Å². The number of hydrogen-bond acceptors (Lipinski definition) is 7. The molecule has 30 heavy (non-hydrogen) atoms. The van der Waals surface area contributed by atoms with Crippen molar-refractivity contribution >= 4 is 46.0 Å². The highest BCUT2D eigenvalue weighted by molar-refractivity contribution is 8.26. The minimum absolute atomic E-state index is 0.0270. The molecule has 0 saturated carbocycles. The van der Waals surface area contributed by atoms with Crippen LogP contribution in [-0.2, 0) is 11.4 Å². The second-order valence-corrected chi connectivity index (χ2v) is 7.88. The highest BCUT2D eigenvalue weighted by atomic mass is 32.2. The molecule has 0 aliphatic carbocycles. The van der Waals surface area contributed by atoms with Crippen molar-refractivity contribution in [3.05, 3.63) is 81.3 Å². The van der Waals surface area contributed by atoms with Crippen LogP contribution in [0.1, 0.15) is 11.1 Å². The van der Waals surface area contributed by atoms with Crippen LogP contribution in [0.15, 0.2) is 60.0 Å². The number of thiocarbonyl (C=S) groups is 1. The molecule has 1 saturated heterocycles. The fourth-order valence-electron chi connectivity index (χ4n) is 2.71. The van der Waals surface area contributed by atoms with Crippen LogP contribution in [0.4, 0.5) is 5.69 Å². The fourth-order valence-corrected chi connectivity index (χ4v) is 3.98. The topological polar surface area (TPSA) is 81.9 Å². The minimum atomic E-state index is -0.447. The van der Waals surface area contributed by atoms with Crippen LogP contribution in [0.5, 0.6) is 11.5 Å². The zero-order valence-electron chi connectivity index (χ0n) is 16.1. The van der Waals surface area contributed by atoms with E-state index in [-0.39, 0.29) is 18.2 Å². The number of amides is 1. The summed E-state index contributed by atoms with van der Waals surface area (Å²) in [5.74, 6) is 0.877. The first-order valence-corrected chi connectivity index (χ1v) is 10.1. The van der Waals surface area contributed by atoms with Gasteiger partial charge in [-0.05, 0) is 41.5 Å². The van der Waals surface area contributed by atoms with Gasteiger partial charge < -0.3 is 9.47 Å². The Bertz CT molecular complexity index is 1030. The molecule has 2 aromatic carbocycles. The van der Waals surface area contributed by atoms with Gasteiger partial charge in [0.15, 0.2) is 11.5 Å². The van der Waals surface area contributed by atoms with Gasteiger partial charge in [0.25, 0.3) is 11.6 Å². The number of carbonyl (C=O) groups is 1. The van der Waals surface area contributed by atoms with E-state index < -0.39 is 4.92 Å². The zero-order valence-corrected chi connectivity index (χ0v) is 17.7. The second-order valence-electron chi connectivity index (χ2n) is 6.20. The molecule has 0 N–H and O–H groups in total. The van der Waals surface area contributed by atoms with Crippen LogP contribution in [0.25, 0.3) is 6.08 Å². The van der Waals surface area contributed by atoms with Gasteiger partial charge in [-0.15, -0.1) is 6.58 Å². The average molecular weight is 443 g/mol. The van der Waals surface area contributed by atoms with Crippen molar-refractivity contribution in [3.8, 4) is 11.5 Å². The molecule has 1 aliphatic rings. The molecule has 9 heteroatoms. The van der Waals surface area contributed by atoms with Crippen LogP contribution in [0.3, 0.4) is 0 Å². The quantitative estimate of drug-likeness (QED) is 0.195. The lowest BCUT2D eigenvalue weighted by Gasteiger charge is -2.12. The van der Waals surface area contributed by atoms with Crippen LogP contribution in [0.2, 0.25) is 0 Å². The largest absolute Gasteiger partial charge is 0.493 e. The van der Waals surface area contributed by atoms with Crippen molar-refractivity contribution in [1.29, 1.82) is 0 Å². The molecule has 0 bridgehead atoms. The molecular weight excluding hydrogens is 424 g/mol. The fraction of sp³-hybridized carbons (Fsp3) is 0.143. The molecule has 0 spiro atoms. The van der Waals surface area contributed by atoms with Gasteiger partial charge in [-0.2, -0.15) is 0 Å². The molecule has 0 radical (unpaired) electrons. The van der Waals surface area contributed by atoms with Gasteiger partial charge in [-0.1, -0.05) is 36.1 Å². The highest BCUT2D eigenvalue weighted by Gasteiger charge is 2.31. The number of benzene rings is 2. The monoisotopic (exact) mass is 442 g/mol. The number of non-ortho nitro benzene ring substituents is 1. The first-order chi connectivity index (χ1) is 14.4. The Morgan fingerprint density at radius 3 is 2.60 bits per heavy atom. The number of thioether (sulfide) groups is 1. The van der Waals surface area contributed by atoms with Crippen molar-refractivity contribution in [3.63, 3.8) is 0 Å². The van der Waals surface area contributed by atoms with Crippen LogP contribution in [-0.4, -0.2) is 33.7 Å². The van der Waals surface area contributed by atoms with Crippen molar-refractivity contribution < 1.29 is 19.2 Å². The molecule has 3 rings (SSSR count). The van der Waals surface area contributed by atoms with E-state index in [2.05, 4.69) is 6.58 Å². The van der Waals surface area contributed by atoms with E-state index in [1.165, 1.54) is 35.9 Å². The Hall–Kier alpha value is -3.17. The van der Waals surface area contributed by atoms with Crippen LogP contribution < -0.4 is 9.47 Å². The lowest BCUT2D eigenvalue weighted by atomic mass is 10.1. The van der Waals surface area contributed by atoms with Gasteiger partial charge in [0.1, 0.15) is 10.9 Å². The summed E-state index contributed by atoms with van der Waals surface area (Å²) in [5.41, 5.74) is 1.59. The standard InChI is InChI=1S/C21H18N2O5S2/c1-3-10-22-20(24)19(30-21(22)29)12-15-6-9-17(18(11-15)27-2)28-13-14-4-7-16(8-5-14)23(25)26/h3-9,11-12H,1,10,13H2,2H3. The van der Waals surface area contributed by atoms with E-state index in [1.54, 1.807) is 36.4 Å². The summed E-state index contributed by atoms with van der Waals surface area (Å²) < 4.78 is 11.7. The highest BCUT2D eigenvalue weighted by Crippen LogP contribution is 2.35. The average Bonchev–Trinajstić information content (AvgIpc) is 3.00. The SMILES string of the molecule is C=CCN1C(=O)C(=Cc2ccc(OCc3ccc([N+](=O)[O-])cc3)c(OC)c2)SC1=S. The zero-order chi connectivity index (χ0) is 21.7. The minimum Gasteiger partial charge on any atom is -0.493 e. The predicted octanol–water partition coefficient (Wildman–Crippen LogP) is 4.57. The van der Waals surface area contributed by atoms with E-state index in [0.29, 0.717) is 27.3 Å². The van der Waals surface area contributed by atoms with E-state index in [4.69, 9.17) is 21.7 Å². The number of ether oxygens (including phenoxy) is 2. The predicted molar refractivity (Wildman–Crippen MR) is 120 cm³/mol. The number of rotatable bonds is 8. The van der Waals surface area contributed by atoms with E-state index in [9.17, 15) is 14.9 Å². The maximum atomic E-state index is 12.5. The summed E-state index contributed by atoms with van der Waals surface area (Å²) in [7, 11) is 1.53. The van der Waals surface area contributed by atoms with Gasteiger partial charge in [0.2, 0.25) is 0 Å². The lowest BCUT2D eigenvalue weighted by molar-refractivity contribution is -0.384. The van der Waals surface area contributed by atoms with Gasteiger partial charge in [0.05, 0.1) is 16.9 Å². The van der Waals surface area contributed by atoms with Gasteiger partial charge in [0, 0.05) is 18.7 Å². The van der Waals surface area contributed by atoms with E-state index in [0.717, 1.165) is 11.1 Å². The Kier molecular flexibility index (Phi) is 6.86. The first kappa shape index (κ1) is 21.5. The molecule has 1 amide bonds. The van der Waals surface area contributed by atoms with E-state index in [1.807, 2.05) is 6.07 Å². The van der Waals surface area contributed by atoms with Crippen LogP contribution in [0, 0.1) is 10.1 Å². The molecule has 1 aliphatic heterocycles. The number of hydrogen-bond donors (Lipinski definition) is 0. The molecule has 1 heterocycles. The summed E-state index contributed by atoms with van der Waals surface area (Å²) in [6.45, 7) is 4.25. The van der Waals surface area contributed by atoms with Gasteiger partial charge in [-0.3, -0.25) is 19.8 Å². The van der Waals surface area contributed by atoms with Crippen LogP contribution >= 0.6 is 24.0 Å². The summed E-state index contributed by atoms with van der Waals surface area (Å²) >= 11 is 6.49. The molecule has 0 aromatic heterocycles. The first-order valence-electron chi connectivity index (χ1n) is 8.83. The number of nitro groups is 1. The Labute approximate surface area is 183 Å². The maximum Gasteiger partial charge on any atom is 0.269 e. The third-order valence-corrected chi connectivity index (χ3v) is 5.59. The number of methoxy groups -OCH3 is 1. The normalized spacial score (nSPS) is 14.8.